The molecule has 1 aliphatic rings. The number of halogens is 1. The van der Waals surface area contributed by atoms with E-state index in [9.17, 15) is 9.90 Å². The molecule has 3 N–H and O–H groups in total. The Morgan fingerprint density at radius 2 is 2.07 bits per heavy atom. The van der Waals surface area contributed by atoms with Crippen LogP contribution in [0, 0.1) is 0 Å². The van der Waals surface area contributed by atoms with Crippen molar-refractivity contribution in [3.8, 4) is 0 Å². The molecule has 1 aromatic carbocycles. The first-order valence-electron chi connectivity index (χ1n) is 9.55. The molecule has 28 heavy (non-hydrogen) atoms. The zero-order valence-electron chi connectivity index (χ0n) is 16.0. The Bertz CT molecular complexity index is 796. The van der Waals surface area contributed by atoms with Crippen LogP contribution in [0.15, 0.2) is 36.4 Å². The molecule has 2 aromatic rings. The van der Waals surface area contributed by atoms with Crippen molar-refractivity contribution in [2.24, 2.45) is 0 Å². The zero-order chi connectivity index (χ0) is 20.0. The van der Waals surface area contributed by atoms with E-state index < -0.39 is 18.0 Å². The highest BCUT2D eigenvalue weighted by Crippen LogP contribution is 2.31. The normalized spacial score (nSPS) is 17.3. The van der Waals surface area contributed by atoms with Crippen LogP contribution in [0.3, 0.4) is 0 Å². The molecular weight excluding hydrogens is 363 g/mol. The molecule has 152 valence electrons. The number of aromatic nitrogens is 1. The molecule has 1 aromatic heterocycles. The maximum absolute atomic E-state index is 15.0. The molecule has 1 amide bonds. The summed E-state index contributed by atoms with van der Waals surface area (Å²) in [6.07, 6.45) is -0.565. The van der Waals surface area contributed by atoms with E-state index in [1.54, 1.807) is 7.05 Å². The van der Waals surface area contributed by atoms with Crippen LogP contribution in [-0.2, 0) is 4.74 Å². The van der Waals surface area contributed by atoms with E-state index in [1.165, 1.54) is 0 Å². The summed E-state index contributed by atoms with van der Waals surface area (Å²) < 4.78 is 19.9. The van der Waals surface area contributed by atoms with E-state index in [1.807, 2.05) is 36.4 Å². The number of amides is 1. The molecule has 1 saturated heterocycles. The summed E-state index contributed by atoms with van der Waals surface area (Å²) in [7, 11) is 1.55. The number of aliphatic hydroxyl groups is 1. The number of anilines is 1. The van der Waals surface area contributed by atoms with Crippen molar-refractivity contribution in [2.45, 2.75) is 31.2 Å². The first kappa shape index (κ1) is 20.3. The van der Waals surface area contributed by atoms with Gasteiger partial charge in [-0.1, -0.05) is 18.2 Å². The SMILES string of the molecule is CNC(O)COC(=O)NCCC1(F)CCN(c2ccc3ccccc3n2)CC1. The van der Waals surface area contributed by atoms with E-state index in [0.717, 1.165) is 16.7 Å². The van der Waals surface area contributed by atoms with Crippen LogP contribution in [0.2, 0.25) is 0 Å². The molecule has 2 heterocycles. The van der Waals surface area contributed by atoms with Gasteiger partial charge in [0.05, 0.1) is 5.52 Å². The largest absolute Gasteiger partial charge is 0.445 e. The van der Waals surface area contributed by atoms with Crippen molar-refractivity contribution in [1.82, 2.24) is 15.6 Å². The second-order valence-corrected chi connectivity index (χ2v) is 7.08. The highest BCUT2D eigenvalue weighted by Gasteiger charge is 2.34. The van der Waals surface area contributed by atoms with Crippen molar-refractivity contribution >= 4 is 22.8 Å². The van der Waals surface area contributed by atoms with Gasteiger partial charge in [0.2, 0.25) is 0 Å². The molecule has 1 atom stereocenters. The molecule has 0 aliphatic carbocycles. The summed E-state index contributed by atoms with van der Waals surface area (Å²) in [5, 5.41) is 15.4. The third kappa shape index (κ3) is 5.30. The van der Waals surface area contributed by atoms with Gasteiger partial charge in [0.1, 0.15) is 24.3 Å². The summed E-state index contributed by atoms with van der Waals surface area (Å²) in [6.45, 7) is 1.21. The number of para-hydroxylation sites is 1. The minimum Gasteiger partial charge on any atom is -0.445 e. The number of alkyl carbamates (subject to hydrolysis) is 1. The van der Waals surface area contributed by atoms with Gasteiger partial charge in [-0.2, -0.15) is 0 Å². The third-order valence-electron chi connectivity index (χ3n) is 5.12. The van der Waals surface area contributed by atoms with E-state index >= 15 is 4.39 Å². The third-order valence-corrected chi connectivity index (χ3v) is 5.12. The second kappa shape index (κ2) is 9.16. The Balaban J connectivity index is 1.45. The Labute approximate surface area is 163 Å². The van der Waals surface area contributed by atoms with E-state index in [0.29, 0.717) is 25.9 Å². The van der Waals surface area contributed by atoms with Crippen LogP contribution >= 0.6 is 0 Å². The monoisotopic (exact) mass is 390 g/mol. The molecule has 0 spiro atoms. The predicted octanol–water partition coefficient (Wildman–Crippen LogP) is 2.20. The van der Waals surface area contributed by atoms with Gasteiger partial charge in [-0.15, -0.1) is 0 Å². The average molecular weight is 390 g/mol. The van der Waals surface area contributed by atoms with Gasteiger partial charge in [-0.3, -0.25) is 5.32 Å². The number of piperidine rings is 1. The predicted molar refractivity (Wildman–Crippen MR) is 106 cm³/mol. The van der Waals surface area contributed by atoms with Crippen molar-refractivity contribution in [2.75, 3.05) is 38.2 Å². The molecule has 1 unspecified atom stereocenters. The number of alkyl halides is 1. The Morgan fingerprint density at radius 1 is 1.32 bits per heavy atom. The number of nitrogens with one attached hydrogen (secondary N) is 2. The van der Waals surface area contributed by atoms with E-state index in [2.05, 4.69) is 20.5 Å². The number of likely N-dealkylation sites (N-methyl/N-ethyl adjacent to an activating group) is 1. The first-order chi connectivity index (χ1) is 13.5. The van der Waals surface area contributed by atoms with E-state index in [4.69, 9.17) is 4.74 Å². The van der Waals surface area contributed by atoms with Gasteiger partial charge in [-0.05, 0) is 44.5 Å². The molecule has 0 radical (unpaired) electrons. The standard InChI is InChI=1S/C20H27FN4O3/c1-22-18(26)14-28-19(27)23-11-8-20(21)9-12-25(13-10-20)17-7-6-15-4-2-3-5-16(15)24-17/h2-7,18,22,26H,8-14H2,1H3,(H,23,27). The molecule has 8 heteroatoms. The Hall–Kier alpha value is -2.45. The molecule has 1 fully saturated rings. The van der Waals surface area contributed by atoms with Crippen LogP contribution in [0.1, 0.15) is 19.3 Å². The topological polar surface area (TPSA) is 86.7 Å². The lowest BCUT2D eigenvalue weighted by molar-refractivity contribution is 0.0522. The van der Waals surface area contributed by atoms with Crippen molar-refractivity contribution in [1.29, 1.82) is 0 Å². The average Bonchev–Trinajstić information content (AvgIpc) is 2.72. The number of ether oxygens (including phenoxy) is 1. The lowest BCUT2D eigenvalue weighted by atomic mass is 9.90. The highest BCUT2D eigenvalue weighted by atomic mass is 19.1. The Morgan fingerprint density at radius 3 is 2.82 bits per heavy atom. The number of carbonyl (C=O) groups excluding carboxylic acids is 1. The molecule has 0 bridgehead atoms. The summed E-state index contributed by atoms with van der Waals surface area (Å²) in [6, 6.07) is 11.9. The molecule has 7 nitrogen and oxygen atoms in total. The number of hydrogen-bond donors (Lipinski definition) is 3. The Kier molecular flexibility index (Phi) is 6.64. The van der Waals surface area contributed by atoms with Gasteiger partial charge in [-0.25, -0.2) is 14.2 Å². The van der Waals surface area contributed by atoms with Gasteiger partial charge < -0.3 is 20.1 Å². The minimum absolute atomic E-state index is 0.156. The van der Waals surface area contributed by atoms with Crippen LogP contribution in [-0.4, -0.2) is 61.4 Å². The lowest BCUT2D eigenvalue weighted by Crippen LogP contribution is -2.44. The number of carbonyl (C=O) groups is 1. The molecule has 0 saturated carbocycles. The summed E-state index contributed by atoms with van der Waals surface area (Å²) in [5.74, 6) is 0.866. The maximum Gasteiger partial charge on any atom is 0.407 e. The van der Waals surface area contributed by atoms with E-state index in [-0.39, 0.29) is 19.6 Å². The highest BCUT2D eigenvalue weighted by molar-refractivity contribution is 5.80. The van der Waals surface area contributed by atoms with Gasteiger partial charge in [0.15, 0.2) is 0 Å². The smallest absolute Gasteiger partial charge is 0.407 e. The zero-order valence-corrected chi connectivity index (χ0v) is 16.0. The molecular formula is C20H27FN4O3. The van der Waals surface area contributed by atoms with Crippen molar-refractivity contribution < 1.29 is 19.0 Å². The number of aliphatic hydroxyl groups excluding tert-OH is 1. The quantitative estimate of drug-likeness (QED) is 0.629. The fourth-order valence-corrected chi connectivity index (χ4v) is 3.30. The van der Waals surface area contributed by atoms with Gasteiger partial charge >= 0.3 is 6.09 Å². The van der Waals surface area contributed by atoms with Crippen LogP contribution in [0.5, 0.6) is 0 Å². The van der Waals surface area contributed by atoms with Crippen LogP contribution in [0.25, 0.3) is 10.9 Å². The number of hydrogen-bond acceptors (Lipinski definition) is 6. The molecule has 1 aliphatic heterocycles. The summed E-state index contributed by atoms with van der Waals surface area (Å²) in [5.41, 5.74) is -0.381. The van der Waals surface area contributed by atoms with Crippen LogP contribution in [0.4, 0.5) is 15.0 Å². The van der Waals surface area contributed by atoms with Gasteiger partial charge in [0.25, 0.3) is 0 Å². The number of rotatable bonds is 7. The summed E-state index contributed by atoms with van der Waals surface area (Å²) >= 11 is 0. The fraction of sp³-hybridized carbons (Fsp3) is 0.500. The maximum atomic E-state index is 15.0. The number of pyridine rings is 1. The van der Waals surface area contributed by atoms with Crippen LogP contribution < -0.4 is 15.5 Å². The number of nitrogens with zero attached hydrogens (tertiary/aromatic N) is 2. The lowest BCUT2D eigenvalue weighted by Gasteiger charge is -2.37. The second-order valence-electron chi connectivity index (χ2n) is 7.08. The van der Waals surface area contributed by atoms with Crippen molar-refractivity contribution in [3.05, 3.63) is 36.4 Å². The number of fused-ring (bicyclic) bond motifs is 1. The molecule has 3 rings (SSSR count). The number of benzene rings is 1. The first-order valence-corrected chi connectivity index (χ1v) is 9.55. The summed E-state index contributed by atoms with van der Waals surface area (Å²) in [4.78, 5) is 18.3. The van der Waals surface area contributed by atoms with Crippen molar-refractivity contribution in [3.63, 3.8) is 0 Å². The minimum atomic E-state index is -1.31. The fourth-order valence-electron chi connectivity index (χ4n) is 3.30. The van der Waals surface area contributed by atoms with Gasteiger partial charge in [0, 0.05) is 25.0 Å².